The van der Waals surface area contributed by atoms with Gasteiger partial charge in [0.1, 0.15) is 18.2 Å². The van der Waals surface area contributed by atoms with Crippen molar-refractivity contribution in [2.24, 2.45) is 11.8 Å². The normalized spacial score (nSPS) is 31.6. The summed E-state index contributed by atoms with van der Waals surface area (Å²) in [7, 11) is 0. The predicted octanol–water partition coefficient (Wildman–Crippen LogP) is 2.14. The van der Waals surface area contributed by atoms with Crippen LogP contribution >= 0.6 is 11.8 Å². The standard InChI is InChI=1S/C28H33N5O5S/c34-16-7-6-15-32-24-26(36)31(18-33-20-11-5-4-10-19(20)29-30-33)14-9-13-28(24)23(25(32)35)22-21(39-28)12-3-1-2-8-17-38-27(22)37/h3-5,9-13,21-24,34H,1-2,6-8,14-18H2/b12-3-/t21-,22+,23-,24?,28-/m0/s1. The number of benzene rings is 1. The third-order valence-corrected chi connectivity index (χ3v) is 9.96. The fourth-order valence-corrected chi connectivity index (χ4v) is 8.41. The van der Waals surface area contributed by atoms with Crippen molar-refractivity contribution in [2.75, 3.05) is 26.3 Å². The summed E-state index contributed by atoms with van der Waals surface area (Å²) in [5, 5.41) is 17.6. The van der Waals surface area contributed by atoms with Gasteiger partial charge in [0.15, 0.2) is 0 Å². The van der Waals surface area contributed by atoms with E-state index in [1.807, 2.05) is 42.5 Å². The molecule has 2 saturated heterocycles. The zero-order valence-corrected chi connectivity index (χ0v) is 22.5. The number of thioether (sulfide) groups is 1. The Labute approximate surface area is 231 Å². The Hall–Kier alpha value is -3.18. The minimum Gasteiger partial charge on any atom is -0.465 e. The maximum absolute atomic E-state index is 14.4. The van der Waals surface area contributed by atoms with Crippen LogP contribution in [0.1, 0.15) is 32.1 Å². The van der Waals surface area contributed by atoms with E-state index in [2.05, 4.69) is 16.4 Å². The number of aliphatic hydroxyl groups excluding tert-OH is 1. The zero-order valence-electron chi connectivity index (χ0n) is 21.7. The lowest BCUT2D eigenvalue weighted by Gasteiger charge is -2.35. The first-order chi connectivity index (χ1) is 19.0. The van der Waals surface area contributed by atoms with E-state index in [4.69, 9.17) is 4.74 Å². The number of aliphatic hydroxyl groups is 1. The largest absolute Gasteiger partial charge is 0.465 e. The van der Waals surface area contributed by atoms with E-state index in [0.29, 0.717) is 32.5 Å². The van der Waals surface area contributed by atoms with Crippen molar-refractivity contribution < 1.29 is 24.2 Å². The number of aromatic nitrogens is 3. The van der Waals surface area contributed by atoms with Gasteiger partial charge >= 0.3 is 5.97 Å². The number of para-hydroxylation sites is 1. The molecule has 206 valence electrons. The second-order valence-electron chi connectivity index (χ2n) is 10.6. The number of cyclic esters (lactones) is 1. The molecule has 1 spiro atoms. The fourth-order valence-electron chi connectivity index (χ4n) is 6.41. The van der Waals surface area contributed by atoms with Crippen LogP contribution in [-0.4, -0.2) is 90.0 Å². The number of hydrogen-bond donors (Lipinski definition) is 1. The predicted molar refractivity (Wildman–Crippen MR) is 145 cm³/mol. The number of ether oxygens (including phenoxy) is 1. The molecule has 1 unspecified atom stereocenters. The van der Waals surface area contributed by atoms with Gasteiger partial charge in [0.25, 0.3) is 0 Å². The molecule has 39 heavy (non-hydrogen) atoms. The number of amides is 2. The van der Waals surface area contributed by atoms with Gasteiger partial charge in [-0.3, -0.25) is 14.4 Å². The molecular formula is C28H33N5O5S. The molecule has 1 aromatic carbocycles. The Morgan fingerprint density at radius 2 is 1.97 bits per heavy atom. The topological polar surface area (TPSA) is 118 Å². The summed E-state index contributed by atoms with van der Waals surface area (Å²) >= 11 is 1.55. The highest BCUT2D eigenvalue weighted by Gasteiger charge is 2.70. The van der Waals surface area contributed by atoms with Gasteiger partial charge in [-0.25, -0.2) is 4.68 Å². The first-order valence-electron chi connectivity index (χ1n) is 13.7. The minimum atomic E-state index is -0.890. The van der Waals surface area contributed by atoms with Crippen molar-refractivity contribution in [3.63, 3.8) is 0 Å². The average Bonchev–Trinajstić information content (AvgIpc) is 3.53. The quantitative estimate of drug-likeness (QED) is 0.330. The van der Waals surface area contributed by atoms with E-state index in [0.717, 1.165) is 30.3 Å². The molecule has 10 nitrogen and oxygen atoms in total. The Balaban J connectivity index is 1.38. The molecule has 5 atom stereocenters. The third kappa shape index (κ3) is 4.45. The van der Waals surface area contributed by atoms with Crippen LogP contribution in [-0.2, 0) is 25.8 Å². The number of carbonyl (C=O) groups is 3. The molecule has 5 heterocycles. The van der Waals surface area contributed by atoms with Gasteiger partial charge in [-0.05, 0) is 44.2 Å². The number of carbonyl (C=O) groups excluding carboxylic acids is 3. The smallest absolute Gasteiger partial charge is 0.311 e. The molecule has 4 aliphatic heterocycles. The van der Waals surface area contributed by atoms with E-state index < -0.39 is 22.6 Å². The van der Waals surface area contributed by atoms with Crippen LogP contribution in [0.2, 0.25) is 0 Å². The van der Waals surface area contributed by atoms with Crippen LogP contribution in [0.25, 0.3) is 11.0 Å². The van der Waals surface area contributed by atoms with Gasteiger partial charge in [-0.1, -0.05) is 41.7 Å². The number of nitrogens with zero attached hydrogens (tertiary/aromatic N) is 5. The highest BCUT2D eigenvalue weighted by molar-refractivity contribution is 8.02. The fraction of sp³-hybridized carbons (Fsp3) is 0.536. The number of likely N-dealkylation sites (tertiary alicyclic amines) is 1. The molecule has 1 N–H and O–H groups in total. The second kappa shape index (κ2) is 10.8. The molecule has 6 rings (SSSR count). The molecule has 2 amide bonds. The van der Waals surface area contributed by atoms with Gasteiger partial charge in [-0.15, -0.1) is 16.9 Å². The van der Waals surface area contributed by atoms with Gasteiger partial charge < -0.3 is 19.6 Å². The SMILES string of the molecule is O=C1OCCCC/C=C\[C@@H]2S[C@]34C=CCN(Cn5nnc6ccccc65)C(=O)C3N(CCCCO)C(=O)[C@@H]4[C@H]12. The van der Waals surface area contributed by atoms with Gasteiger partial charge in [-0.2, -0.15) is 0 Å². The summed E-state index contributed by atoms with van der Waals surface area (Å²) in [6.07, 6.45) is 11.8. The summed E-state index contributed by atoms with van der Waals surface area (Å²) in [5.74, 6) is -2.08. The van der Waals surface area contributed by atoms with Gasteiger partial charge in [0.05, 0.1) is 28.7 Å². The Morgan fingerprint density at radius 1 is 1.10 bits per heavy atom. The maximum atomic E-state index is 14.4. The molecule has 4 aliphatic rings. The second-order valence-corrected chi connectivity index (χ2v) is 12.1. The highest BCUT2D eigenvalue weighted by atomic mass is 32.2. The third-order valence-electron chi connectivity index (χ3n) is 8.22. The van der Waals surface area contributed by atoms with Crippen molar-refractivity contribution >= 4 is 40.6 Å². The number of rotatable bonds is 6. The van der Waals surface area contributed by atoms with E-state index in [9.17, 15) is 19.5 Å². The van der Waals surface area contributed by atoms with Crippen LogP contribution in [0.4, 0.5) is 0 Å². The highest BCUT2D eigenvalue weighted by Crippen LogP contribution is 2.60. The molecule has 0 bridgehead atoms. The van der Waals surface area contributed by atoms with Crippen molar-refractivity contribution in [1.29, 1.82) is 0 Å². The molecule has 2 aromatic rings. The number of unbranched alkanes of at least 4 members (excludes halogenated alkanes) is 1. The Bertz CT molecular complexity index is 1330. The lowest BCUT2D eigenvalue weighted by atomic mass is 9.78. The number of esters is 1. The molecule has 2 fully saturated rings. The van der Waals surface area contributed by atoms with Crippen LogP contribution in [0, 0.1) is 11.8 Å². The molecular weight excluding hydrogens is 518 g/mol. The number of allylic oxidation sites excluding steroid dienone is 1. The first kappa shape index (κ1) is 26.1. The average molecular weight is 552 g/mol. The van der Waals surface area contributed by atoms with Crippen molar-refractivity contribution in [2.45, 2.75) is 54.8 Å². The first-order valence-corrected chi connectivity index (χ1v) is 14.6. The Kier molecular flexibility index (Phi) is 7.20. The Morgan fingerprint density at radius 3 is 2.85 bits per heavy atom. The maximum Gasteiger partial charge on any atom is 0.311 e. The summed E-state index contributed by atoms with van der Waals surface area (Å²) in [5.41, 5.74) is 1.57. The van der Waals surface area contributed by atoms with Crippen molar-refractivity contribution in [1.82, 2.24) is 24.8 Å². The van der Waals surface area contributed by atoms with E-state index in [1.54, 1.807) is 26.2 Å². The zero-order chi connectivity index (χ0) is 27.0. The molecule has 0 radical (unpaired) electrons. The molecule has 11 heteroatoms. The van der Waals surface area contributed by atoms with E-state index in [-0.39, 0.29) is 36.3 Å². The number of hydrogen-bond acceptors (Lipinski definition) is 8. The summed E-state index contributed by atoms with van der Waals surface area (Å²) in [4.78, 5) is 45.3. The lowest BCUT2D eigenvalue weighted by Crippen LogP contribution is -2.53. The molecule has 0 aliphatic carbocycles. The summed E-state index contributed by atoms with van der Waals surface area (Å²) in [6, 6.07) is 6.82. The van der Waals surface area contributed by atoms with E-state index >= 15 is 0 Å². The summed E-state index contributed by atoms with van der Waals surface area (Å²) in [6.45, 7) is 1.24. The van der Waals surface area contributed by atoms with Gasteiger partial charge in [0, 0.05) is 24.9 Å². The van der Waals surface area contributed by atoms with Crippen LogP contribution in [0.5, 0.6) is 0 Å². The molecule has 0 saturated carbocycles. The molecule has 1 aromatic heterocycles. The van der Waals surface area contributed by atoms with Gasteiger partial charge in [0.2, 0.25) is 11.8 Å². The van der Waals surface area contributed by atoms with Crippen LogP contribution in [0.15, 0.2) is 48.6 Å². The lowest BCUT2D eigenvalue weighted by molar-refractivity contribution is -0.153. The van der Waals surface area contributed by atoms with Crippen LogP contribution in [0.3, 0.4) is 0 Å². The monoisotopic (exact) mass is 551 g/mol. The minimum absolute atomic E-state index is 0.0111. The van der Waals surface area contributed by atoms with Crippen molar-refractivity contribution in [3.05, 3.63) is 48.6 Å². The summed E-state index contributed by atoms with van der Waals surface area (Å²) < 4.78 is 6.47. The number of fused-ring (bicyclic) bond motifs is 3. The van der Waals surface area contributed by atoms with E-state index in [1.165, 1.54) is 0 Å². The van der Waals surface area contributed by atoms with Crippen LogP contribution < -0.4 is 0 Å². The van der Waals surface area contributed by atoms with Crippen molar-refractivity contribution in [3.8, 4) is 0 Å².